The fourth-order valence-electron chi connectivity index (χ4n) is 3.86. The zero-order chi connectivity index (χ0) is 14.9. The second-order valence-electron chi connectivity index (χ2n) is 6.94. The van der Waals surface area contributed by atoms with E-state index in [2.05, 4.69) is 9.88 Å². The van der Waals surface area contributed by atoms with Crippen molar-refractivity contribution in [2.24, 2.45) is 5.92 Å². The van der Waals surface area contributed by atoms with E-state index in [1.807, 2.05) is 30.5 Å². The molecule has 2 aliphatic rings. The molecule has 0 bridgehead atoms. The van der Waals surface area contributed by atoms with E-state index in [-0.39, 0.29) is 5.91 Å². The lowest BCUT2D eigenvalue weighted by Gasteiger charge is -2.30. The van der Waals surface area contributed by atoms with Crippen LogP contribution in [0.1, 0.15) is 55.3 Å². The third kappa shape index (κ3) is 2.65. The van der Waals surface area contributed by atoms with Crippen molar-refractivity contribution in [2.75, 3.05) is 6.54 Å². The molecule has 0 spiro atoms. The molecule has 0 atom stereocenters. The predicted molar refractivity (Wildman–Crippen MR) is 88.9 cm³/mol. The Morgan fingerprint density at radius 2 is 1.91 bits per heavy atom. The molecule has 1 N–H and O–H groups in total. The smallest absolute Gasteiger partial charge is 0.254 e. The molecule has 0 aliphatic heterocycles. The van der Waals surface area contributed by atoms with Gasteiger partial charge in [0, 0.05) is 35.2 Å². The molecule has 2 saturated carbocycles. The van der Waals surface area contributed by atoms with Gasteiger partial charge in [-0.15, -0.1) is 0 Å². The molecular formula is C19H24N2O. The largest absolute Gasteiger partial charge is 0.361 e. The number of fused-ring (bicyclic) bond motifs is 1. The number of carbonyl (C=O) groups excluding carboxylic acids is 1. The third-order valence-corrected chi connectivity index (χ3v) is 5.25. The van der Waals surface area contributed by atoms with Crippen LogP contribution in [-0.2, 0) is 0 Å². The number of H-pyrrole nitrogens is 1. The molecule has 1 amide bonds. The van der Waals surface area contributed by atoms with Crippen molar-refractivity contribution in [3.05, 3.63) is 36.0 Å². The standard InChI is InChI=1S/C19H24N2O/c22-19(17-7-4-8-18-16(17)11-12-20-18)21(15-9-10-15)13-14-5-2-1-3-6-14/h4,7-8,11-12,14-15,20H,1-3,5-6,9-10,13H2. The molecular weight excluding hydrogens is 272 g/mol. The average Bonchev–Trinajstić information content (AvgIpc) is 3.28. The van der Waals surface area contributed by atoms with Crippen molar-refractivity contribution < 1.29 is 4.79 Å². The average molecular weight is 296 g/mol. The van der Waals surface area contributed by atoms with Crippen molar-refractivity contribution in [3.8, 4) is 0 Å². The minimum atomic E-state index is 0.235. The van der Waals surface area contributed by atoms with Crippen LogP contribution in [0, 0.1) is 5.92 Å². The molecule has 116 valence electrons. The van der Waals surface area contributed by atoms with Crippen LogP contribution in [0.15, 0.2) is 30.5 Å². The van der Waals surface area contributed by atoms with E-state index in [1.54, 1.807) is 0 Å². The van der Waals surface area contributed by atoms with E-state index < -0.39 is 0 Å². The van der Waals surface area contributed by atoms with Crippen molar-refractivity contribution >= 4 is 16.8 Å². The first-order valence-electron chi connectivity index (χ1n) is 8.70. The number of hydrogen-bond acceptors (Lipinski definition) is 1. The summed E-state index contributed by atoms with van der Waals surface area (Å²) < 4.78 is 0. The molecule has 22 heavy (non-hydrogen) atoms. The van der Waals surface area contributed by atoms with E-state index in [1.165, 1.54) is 44.9 Å². The van der Waals surface area contributed by atoms with Crippen LogP contribution in [0.5, 0.6) is 0 Å². The molecule has 2 aromatic rings. The number of nitrogens with one attached hydrogen (secondary N) is 1. The SMILES string of the molecule is O=C(c1cccc2[nH]ccc12)N(CC1CCCCC1)C1CC1. The summed E-state index contributed by atoms with van der Waals surface area (Å²) >= 11 is 0. The van der Waals surface area contributed by atoms with Crippen molar-refractivity contribution in [2.45, 2.75) is 51.0 Å². The van der Waals surface area contributed by atoms with Crippen molar-refractivity contribution in [3.63, 3.8) is 0 Å². The highest BCUT2D eigenvalue weighted by Crippen LogP contribution is 2.33. The lowest BCUT2D eigenvalue weighted by Crippen LogP contribution is -2.37. The fourth-order valence-corrected chi connectivity index (χ4v) is 3.86. The van der Waals surface area contributed by atoms with Crippen LogP contribution < -0.4 is 0 Å². The van der Waals surface area contributed by atoms with Crippen LogP contribution in [0.2, 0.25) is 0 Å². The molecule has 2 fully saturated rings. The Kier molecular flexibility index (Phi) is 3.65. The molecule has 1 aromatic carbocycles. The molecule has 0 saturated heterocycles. The summed E-state index contributed by atoms with van der Waals surface area (Å²) in [5, 5.41) is 1.06. The number of aromatic amines is 1. The Hall–Kier alpha value is -1.77. The molecule has 3 nitrogen and oxygen atoms in total. The van der Waals surface area contributed by atoms with E-state index in [0.29, 0.717) is 12.0 Å². The first-order chi connectivity index (χ1) is 10.8. The van der Waals surface area contributed by atoms with E-state index in [0.717, 1.165) is 23.0 Å². The lowest BCUT2D eigenvalue weighted by molar-refractivity contribution is 0.0701. The molecule has 0 radical (unpaired) electrons. The number of aromatic nitrogens is 1. The van der Waals surface area contributed by atoms with Gasteiger partial charge < -0.3 is 9.88 Å². The van der Waals surface area contributed by atoms with Crippen molar-refractivity contribution in [1.29, 1.82) is 0 Å². The second-order valence-corrected chi connectivity index (χ2v) is 6.94. The van der Waals surface area contributed by atoms with Crippen LogP contribution >= 0.6 is 0 Å². The summed E-state index contributed by atoms with van der Waals surface area (Å²) in [6.07, 6.45) is 10.9. The Labute approximate surface area is 131 Å². The van der Waals surface area contributed by atoms with Gasteiger partial charge in [0.25, 0.3) is 5.91 Å². The Morgan fingerprint density at radius 3 is 2.68 bits per heavy atom. The fraction of sp³-hybridized carbons (Fsp3) is 0.526. The number of amides is 1. The molecule has 3 heteroatoms. The van der Waals surface area contributed by atoms with E-state index in [4.69, 9.17) is 0 Å². The topological polar surface area (TPSA) is 36.1 Å². The quantitative estimate of drug-likeness (QED) is 0.894. The molecule has 1 aromatic heterocycles. The van der Waals surface area contributed by atoms with Crippen LogP contribution in [0.4, 0.5) is 0 Å². The Bertz CT molecular complexity index is 665. The van der Waals surface area contributed by atoms with Gasteiger partial charge in [0.05, 0.1) is 0 Å². The maximum Gasteiger partial charge on any atom is 0.254 e. The maximum atomic E-state index is 13.1. The first kappa shape index (κ1) is 13.9. The summed E-state index contributed by atoms with van der Waals surface area (Å²) in [5.41, 5.74) is 1.92. The summed E-state index contributed by atoms with van der Waals surface area (Å²) in [5.74, 6) is 0.946. The Morgan fingerprint density at radius 1 is 1.09 bits per heavy atom. The predicted octanol–water partition coefficient (Wildman–Crippen LogP) is 4.35. The van der Waals surface area contributed by atoms with E-state index >= 15 is 0 Å². The van der Waals surface area contributed by atoms with Crippen LogP contribution in [0.25, 0.3) is 10.9 Å². The van der Waals surface area contributed by atoms with E-state index in [9.17, 15) is 4.79 Å². The van der Waals surface area contributed by atoms with Gasteiger partial charge in [-0.25, -0.2) is 0 Å². The zero-order valence-electron chi connectivity index (χ0n) is 13.1. The Balaban J connectivity index is 1.59. The van der Waals surface area contributed by atoms with Crippen molar-refractivity contribution in [1.82, 2.24) is 9.88 Å². The second kappa shape index (κ2) is 5.79. The van der Waals surface area contributed by atoms with Crippen LogP contribution in [-0.4, -0.2) is 28.4 Å². The number of nitrogens with zero attached hydrogens (tertiary/aromatic N) is 1. The van der Waals surface area contributed by atoms with Gasteiger partial charge in [-0.1, -0.05) is 25.3 Å². The molecule has 0 unspecified atom stereocenters. The van der Waals surface area contributed by atoms with Gasteiger partial charge >= 0.3 is 0 Å². The lowest BCUT2D eigenvalue weighted by atomic mass is 9.88. The highest BCUT2D eigenvalue weighted by Gasteiger charge is 2.35. The number of hydrogen-bond donors (Lipinski definition) is 1. The van der Waals surface area contributed by atoms with Gasteiger partial charge in [0.2, 0.25) is 0 Å². The highest BCUT2D eigenvalue weighted by atomic mass is 16.2. The summed E-state index contributed by atoms with van der Waals surface area (Å²) in [6.45, 7) is 0.963. The molecule has 1 heterocycles. The van der Waals surface area contributed by atoms with Gasteiger partial charge in [0.1, 0.15) is 0 Å². The zero-order valence-corrected chi connectivity index (χ0v) is 13.1. The number of benzene rings is 1. The van der Waals surface area contributed by atoms with Gasteiger partial charge in [0.15, 0.2) is 0 Å². The van der Waals surface area contributed by atoms with Gasteiger partial charge in [-0.05, 0) is 49.8 Å². The number of carbonyl (C=O) groups is 1. The summed E-state index contributed by atoms with van der Waals surface area (Å²) in [4.78, 5) is 18.5. The minimum Gasteiger partial charge on any atom is -0.361 e. The maximum absolute atomic E-state index is 13.1. The number of rotatable bonds is 4. The molecule has 2 aliphatic carbocycles. The summed E-state index contributed by atoms with van der Waals surface area (Å²) in [7, 11) is 0. The molecule has 4 rings (SSSR count). The highest BCUT2D eigenvalue weighted by molar-refractivity contribution is 6.06. The van der Waals surface area contributed by atoms with Crippen LogP contribution in [0.3, 0.4) is 0 Å². The first-order valence-corrected chi connectivity index (χ1v) is 8.70. The minimum absolute atomic E-state index is 0.235. The summed E-state index contributed by atoms with van der Waals surface area (Å²) in [6, 6.07) is 8.51. The van der Waals surface area contributed by atoms with Gasteiger partial charge in [-0.2, -0.15) is 0 Å². The monoisotopic (exact) mass is 296 g/mol. The normalized spacial score (nSPS) is 19.5. The van der Waals surface area contributed by atoms with Gasteiger partial charge in [-0.3, -0.25) is 4.79 Å². The third-order valence-electron chi connectivity index (χ3n) is 5.25.